The normalized spacial score (nSPS) is 10.4. The molecule has 1 N–H and O–H groups in total. The minimum absolute atomic E-state index is 0.0833. The van der Waals surface area contributed by atoms with Crippen molar-refractivity contribution in [1.82, 2.24) is 0 Å². The first kappa shape index (κ1) is 20.3. The number of ketones is 1. The molecule has 0 spiro atoms. The third-order valence-electron chi connectivity index (χ3n) is 3.64. The second-order valence-electron chi connectivity index (χ2n) is 5.64. The van der Waals surface area contributed by atoms with Gasteiger partial charge in [0, 0.05) is 18.9 Å². The number of amides is 1. The van der Waals surface area contributed by atoms with Crippen molar-refractivity contribution in [1.29, 1.82) is 0 Å². The summed E-state index contributed by atoms with van der Waals surface area (Å²) in [5.74, 6) is 0.855. The van der Waals surface area contributed by atoms with Crippen LogP contribution in [-0.2, 0) is 4.79 Å². The molecule has 0 saturated carbocycles. The topological polar surface area (TPSA) is 64.6 Å². The molecule has 1 aromatic carbocycles. The minimum atomic E-state index is -0.255. The molecule has 0 unspecified atom stereocenters. The van der Waals surface area contributed by atoms with Gasteiger partial charge < -0.3 is 14.8 Å². The lowest BCUT2D eigenvalue weighted by molar-refractivity contribution is -0.116. The molecule has 0 saturated heterocycles. The number of methoxy groups -OCH3 is 1. The predicted octanol–water partition coefficient (Wildman–Crippen LogP) is 5.19. The number of anilines is 1. The average Bonchev–Trinajstić information content (AvgIpc) is 3.07. The molecule has 1 amide bonds. The molecule has 1 aromatic heterocycles. The highest BCUT2D eigenvalue weighted by atomic mass is 35.5. The highest BCUT2D eigenvalue weighted by Gasteiger charge is 2.14. The Labute approximate surface area is 162 Å². The van der Waals surface area contributed by atoms with Gasteiger partial charge in [0.2, 0.25) is 5.91 Å². The summed E-state index contributed by atoms with van der Waals surface area (Å²) in [6.45, 7) is 2.65. The Morgan fingerprint density at radius 1 is 1.19 bits per heavy atom. The van der Waals surface area contributed by atoms with Gasteiger partial charge in [0.25, 0.3) is 0 Å². The van der Waals surface area contributed by atoms with Crippen LogP contribution in [0.5, 0.6) is 11.5 Å². The van der Waals surface area contributed by atoms with Crippen LogP contribution in [0, 0.1) is 0 Å². The standard InChI is InChI=1S/C19H22ClNO4S/c1-3-4-11-25-16-7-5-13(24-2)12-14(16)21-19(23)10-6-15(22)17-8-9-18(20)26-17/h5,7-9,12H,3-4,6,10-11H2,1-2H3,(H,21,23). The fourth-order valence-electron chi connectivity index (χ4n) is 2.21. The van der Waals surface area contributed by atoms with Gasteiger partial charge in [-0.15, -0.1) is 11.3 Å². The molecule has 1 heterocycles. The van der Waals surface area contributed by atoms with Gasteiger partial charge in [-0.1, -0.05) is 24.9 Å². The Morgan fingerprint density at radius 2 is 2.00 bits per heavy atom. The summed E-state index contributed by atoms with van der Waals surface area (Å²) in [6.07, 6.45) is 2.16. The maximum absolute atomic E-state index is 12.3. The Hall–Kier alpha value is -2.05. The first-order valence-corrected chi connectivity index (χ1v) is 9.62. The van der Waals surface area contributed by atoms with Gasteiger partial charge >= 0.3 is 0 Å². The van der Waals surface area contributed by atoms with Gasteiger partial charge in [-0.05, 0) is 30.7 Å². The molecule has 7 heteroatoms. The molecule has 0 aliphatic carbocycles. The fraction of sp³-hybridized carbons (Fsp3) is 0.368. The number of hydrogen-bond donors (Lipinski definition) is 1. The van der Waals surface area contributed by atoms with Crippen LogP contribution in [0.4, 0.5) is 5.69 Å². The Balaban J connectivity index is 1.96. The number of halogens is 1. The summed E-state index contributed by atoms with van der Waals surface area (Å²) in [7, 11) is 1.56. The number of thiophene rings is 1. The average molecular weight is 396 g/mol. The molecule has 0 aliphatic rings. The summed E-state index contributed by atoms with van der Waals surface area (Å²) in [4.78, 5) is 24.9. The van der Waals surface area contributed by atoms with E-state index in [-0.39, 0.29) is 24.5 Å². The van der Waals surface area contributed by atoms with E-state index in [1.165, 1.54) is 11.3 Å². The lowest BCUT2D eigenvalue weighted by Gasteiger charge is -2.13. The lowest BCUT2D eigenvalue weighted by atomic mass is 10.2. The van der Waals surface area contributed by atoms with E-state index in [0.717, 1.165) is 12.8 Å². The van der Waals surface area contributed by atoms with Crippen molar-refractivity contribution in [2.24, 2.45) is 0 Å². The number of carbonyl (C=O) groups excluding carboxylic acids is 2. The molecule has 0 atom stereocenters. The highest BCUT2D eigenvalue weighted by Crippen LogP contribution is 2.30. The van der Waals surface area contributed by atoms with E-state index >= 15 is 0 Å². The number of benzene rings is 1. The van der Waals surface area contributed by atoms with Crippen molar-refractivity contribution in [2.75, 3.05) is 19.0 Å². The summed E-state index contributed by atoms with van der Waals surface area (Å²) in [5, 5.41) is 2.81. The second-order valence-corrected chi connectivity index (χ2v) is 7.35. The molecule has 0 bridgehead atoms. The fourth-order valence-corrected chi connectivity index (χ4v) is 3.22. The molecule has 2 rings (SSSR count). The monoisotopic (exact) mass is 395 g/mol. The third kappa shape index (κ3) is 6.04. The Kier molecular flexibility index (Phi) is 7.94. The van der Waals surface area contributed by atoms with Crippen LogP contribution in [0.3, 0.4) is 0 Å². The van der Waals surface area contributed by atoms with Gasteiger partial charge in [0.15, 0.2) is 5.78 Å². The van der Waals surface area contributed by atoms with Gasteiger partial charge in [-0.3, -0.25) is 9.59 Å². The lowest BCUT2D eigenvalue weighted by Crippen LogP contribution is -2.14. The molecular weight excluding hydrogens is 374 g/mol. The van der Waals surface area contributed by atoms with Crippen molar-refractivity contribution in [3.05, 3.63) is 39.5 Å². The van der Waals surface area contributed by atoms with Crippen molar-refractivity contribution in [3.8, 4) is 11.5 Å². The summed E-state index contributed by atoms with van der Waals surface area (Å²) in [5.41, 5.74) is 0.539. The van der Waals surface area contributed by atoms with E-state index in [1.54, 1.807) is 37.4 Å². The van der Waals surface area contributed by atoms with Gasteiger partial charge in [-0.2, -0.15) is 0 Å². The van der Waals surface area contributed by atoms with Crippen LogP contribution in [0.15, 0.2) is 30.3 Å². The van der Waals surface area contributed by atoms with E-state index in [1.807, 2.05) is 0 Å². The van der Waals surface area contributed by atoms with E-state index < -0.39 is 0 Å². The van der Waals surface area contributed by atoms with Crippen LogP contribution >= 0.6 is 22.9 Å². The van der Waals surface area contributed by atoms with Crippen LogP contribution in [0.2, 0.25) is 4.34 Å². The third-order valence-corrected chi connectivity index (χ3v) is 4.92. The predicted molar refractivity (Wildman–Crippen MR) is 105 cm³/mol. The summed E-state index contributed by atoms with van der Waals surface area (Å²) >= 11 is 7.05. The number of carbonyl (C=O) groups is 2. The van der Waals surface area contributed by atoms with E-state index in [9.17, 15) is 9.59 Å². The van der Waals surface area contributed by atoms with Crippen molar-refractivity contribution in [3.63, 3.8) is 0 Å². The molecule has 2 aromatic rings. The zero-order chi connectivity index (χ0) is 18.9. The maximum atomic E-state index is 12.3. The number of nitrogens with one attached hydrogen (secondary N) is 1. The second kappa shape index (κ2) is 10.2. The summed E-state index contributed by atoms with van der Waals surface area (Å²) in [6, 6.07) is 8.61. The van der Waals surface area contributed by atoms with Crippen LogP contribution < -0.4 is 14.8 Å². The zero-order valence-corrected chi connectivity index (χ0v) is 16.4. The molecular formula is C19H22ClNO4S. The van der Waals surface area contributed by atoms with Crippen LogP contribution in [0.1, 0.15) is 42.3 Å². The number of rotatable bonds is 10. The molecule has 0 aliphatic heterocycles. The first-order chi connectivity index (χ1) is 12.5. The number of ether oxygens (including phenoxy) is 2. The summed E-state index contributed by atoms with van der Waals surface area (Å²) < 4.78 is 11.5. The van der Waals surface area contributed by atoms with Crippen molar-refractivity contribution < 1.29 is 19.1 Å². The first-order valence-electron chi connectivity index (χ1n) is 8.42. The smallest absolute Gasteiger partial charge is 0.224 e. The van der Waals surface area contributed by atoms with Crippen LogP contribution in [0.25, 0.3) is 0 Å². The number of unbranched alkanes of at least 4 members (excludes halogenated alkanes) is 1. The SMILES string of the molecule is CCCCOc1ccc(OC)cc1NC(=O)CCC(=O)c1ccc(Cl)s1. The molecule has 140 valence electrons. The van der Waals surface area contributed by atoms with E-state index in [2.05, 4.69) is 12.2 Å². The molecule has 0 radical (unpaired) electrons. The number of hydrogen-bond acceptors (Lipinski definition) is 5. The number of Topliss-reactive ketones (excluding diaryl/α,β-unsaturated/α-hetero) is 1. The van der Waals surface area contributed by atoms with Crippen LogP contribution in [-0.4, -0.2) is 25.4 Å². The van der Waals surface area contributed by atoms with Crippen molar-refractivity contribution >= 4 is 40.3 Å². The Bertz CT molecular complexity index is 760. The van der Waals surface area contributed by atoms with Gasteiger partial charge in [0.1, 0.15) is 11.5 Å². The highest BCUT2D eigenvalue weighted by molar-refractivity contribution is 7.18. The Morgan fingerprint density at radius 3 is 2.65 bits per heavy atom. The van der Waals surface area contributed by atoms with Gasteiger partial charge in [0.05, 0.1) is 28.6 Å². The quantitative estimate of drug-likeness (QED) is 0.444. The molecule has 0 fully saturated rings. The van der Waals surface area contributed by atoms with Crippen molar-refractivity contribution in [2.45, 2.75) is 32.6 Å². The molecule has 5 nitrogen and oxygen atoms in total. The zero-order valence-electron chi connectivity index (χ0n) is 14.8. The largest absolute Gasteiger partial charge is 0.497 e. The maximum Gasteiger partial charge on any atom is 0.224 e. The van der Waals surface area contributed by atoms with Gasteiger partial charge in [-0.25, -0.2) is 0 Å². The minimum Gasteiger partial charge on any atom is -0.497 e. The molecule has 26 heavy (non-hydrogen) atoms. The van der Waals surface area contributed by atoms with E-state index in [4.69, 9.17) is 21.1 Å². The van der Waals surface area contributed by atoms with E-state index in [0.29, 0.717) is 33.0 Å².